The van der Waals surface area contributed by atoms with E-state index in [1.54, 1.807) is 6.92 Å². The van der Waals surface area contributed by atoms with Gasteiger partial charge in [0.2, 0.25) is 0 Å². The van der Waals surface area contributed by atoms with E-state index < -0.39 is 0 Å². The lowest BCUT2D eigenvalue weighted by Crippen LogP contribution is -2.04. The number of hydrogen-bond donors (Lipinski definition) is 1. The van der Waals surface area contributed by atoms with Crippen LogP contribution in [-0.2, 0) is 0 Å². The van der Waals surface area contributed by atoms with Crippen molar-refractivity contribution >= 4 is 22.9 Å². The van der Waals surface area contributed by atoms with Gasteiger partial charge in [-0.05, 0) is 18.4 Å². The van der Waals surface area contributed by atoms with Crippen LogP contribution in [0.1, 0.15) is 6.92 Å². The van der Waals surface area contributed by atoms with Crippen LogP contribution in [0.3, 0.4) is 0 Å². The number of oxime groups is 1. The van der Waals surface area contributed by atoms with E-state index in [1.807, 2.05) is 42.5 Å². The van der Waals surface area contributed by atoms with E-state index in [0.717, 1.165) is 10.8 Å². The molecule has 2 aromatic carbocycles. The maximum absolute atomic E-state index is 5.37. The molecular formula is C13H13N3O. The topological polar surface area (TPSA) is 60.0 Å². The predicted octanol–water partition coefficient (Wildman–Crippen LogP) is 2.54. The summed E-state index contributed by atoms with van der Waals surface area (Å²) in [5, 5.41) is 5.86. The molecule has 4 heteroatoms. The molecule has 0 spiro atoms. The molecule has 86 valence electrons. The summed E-state index contributed by atoms with van der Waals surface area (Å²) in [7, 11) is 0. The van der Waals surface area contributed by atoms with Crippen LogP contribution in [0, 0.1) is 0 Å². The quantitative estimate of drug-likeness (QED) is 0.497. The summed E-state index contributed by atoms with van der Waals surface area (Å²) < 4.78 is 0. The van der Waals surface area contributed by atoms with Gasteiger partial charge in [0.25, 0.3) is 0 Å². The molecule has 0 saturated heterocycles. The SMILES string of the molecule is C/C(N)=N\C=N/Oc1cccc2ccccc12. The molecule has 0 heterocycles. The number of hydrogen-bond acceptors (Lipinski definition) is 2. The molecule has 0 aliphatic rings. The zero-order valence-electron chi connectivity index (χ0n) is 9.50. The van der Waals surface area contributed by atoms with Gasteiger partial charge in [0.1, 0.15) is 0 Å². The highest BCUT2D eigenvalue weighted by molar-refractivity contribution is 5.88. The Morgan fingerprint density at radius 1 is 1.18 bits per heavy atom. The molecule has 2 N–H and O–H groups in total. The molecule has 4 nitrogen and oxygen atoms in total. The van der Waals surface area contributed by atoms with Crippen LogP contribution in [-0.4, -0.2) is 12.2 Å². The van der Waals surface area contributed by atoms with Gasteiger partial charge in [-0.2, -0.15) is 0 Å². The Morgan fingerprint density at radius 3 is 2.76 bits per heavy atom. The summed E-state index contributed by atoms with van der Waals surface area (Å²) in [6.45, 7) is 1.68. The first-order chi connectivity index (χ1) is 8.27. The van der Waals surface area contributed by atoms with Crippen molar-refractivity contribution in [3.8, 4) is 5.75 Å². The van der Waals surface area contributed by atoms with E-state index in [9.17, 15) is 0 Å². The van der Waals surface area contributed by atoms with Crippen molar-refractivity contribution < 1.29 is 4.84 Å². The van der Waals surface area contributed by atoms with Crippen LogP contribution in [0.5, 0.6) is 5.75 Å². The average molecular weight is 227 g/mol. The molecule has 0 unspecified atom stereocenters. The van der Waals surface area contributed by atoms with Gasteiger partial charge in [0.15, 0.2) is 12.1 Å². The Kier molecular flexibility index (Phi) is 3.35. The van der Waals surface area contributed by atoms with Crippen LogP contribution in [0.2, 0.25) is 0 Å². The second kappa shape index (κ2) is 5.12. The number of benzene rings is 2. The minimum Gasteiger partial charge on any atom is -0.387 e. The van der Waals surface area contributed by atoms with E-state index in [0.29, 0.717) is 11.6 Å². The van der Waals surface area contributed by atoms with Gasteiger partial charge in [-0.25, -0.2) is 4.99 Å². The zero-order chi connectivity index (χ0) is 12.1. The highest BCUT2D eigenvalue weighted by atomic mass is 16.6. The first kappa shape index (κ1) is 11.1. The van der Waals surface area contributed by atoms with E-state index in [1.165, 1.54) is 6.34 Å². The molecule has 0 bridgehead atoms. The largest absolute Gasteiger partial charge is 0.387 e. The smallest absolute Gasteiger partial charge is 0.165 e. The lowest BCUT2D eigenvalue weighted by molar-refractivity contribution is 0.347. The number of nitrogens with two attached hydrogens (primary N) is 1. The molecule has 2 rings (SSSR count). The second-order valence-electron chi connectivity index (χ2n) is 3.56. The van der Waals surface area contributed by atoms with E-state index in [2.05, 4.69) is 10.1 Å². The lowest BCUT2D eigenvalue weighted by Gasteiger charge is -2.02. The normalized spacial score (nSPS) is 12.2. The Bertz CT molecular complexity index is 566. The minimum absolute atomic E-state index is 0.440. The highest BCUT2D eigenvalue weighted by Crippen LogP contribution is 2.24. The monoisotopic (exact) mass is 227 g/mol. The van der Waals surface area contributed by atoms with E-state index >= 15 is 0 Å². The number of rotatable bonds is 3. The minimum atomic E-state index is 0.440. The van der Waals surface area contributed by atoms with Gasteiger partial charge >= 0.3 is 0 Å². The molecule has 0 aliphatic carbocycles. The van der Waals surface area contributed by atoms with Crippen molar-refractivity contribution in [1.29, 1.82) is 0 Å². The highest BCUT2D eigenvalue weighted by Gasteiger charge is 1.99. The number of nitrogens with zero attached hydrogens (tertiary/aromatic N) is 2. The summed E-state index contributed by atoms with van der Waals surface area (Å²) in [5.41, 5.74) is 5.37. The van der Waals surface area contributed by atoms with Gasteiger partial charge < -0.3 is 10.6 Å². The van der Waals surface area contributed by atoms with Crippen molar-refractivity contribution in [3.63, 3.8) is 0 Å². The molecule has 0 saturated carbocycles. The lowest BCUT2D eigenvalue weighted by atomic mass is 10.1. The van der Waals surface area contributed by atoms with Crippen molar-refractivity contribution in [3.05, 3.63) is 42.5 Å². The summed E-state index contributed by atoms with van der Waals surface area (Å²) >= 11 is 0. The standard InChI is InChI=1S/C13H13N3O/c1-10(14)15-9-16-17-13-8-4-6-11-5-2-3-7-12(11)13/h2-9H,1H3,(H2,14,15,16). The Labute approximate surface area is 99.4 Å². The van der Waals surface area contributed by atoms with Crippen LogP contribution in [0.4, 0.5) is 0 Å². The molecule has 17 heavy (non-hydrogen) atoms. The molecule has 0 radical (unpaired) electrons. The molecule has 0 atom stereocenters. The van der Waals surface area contributed by atoms with Crippen LogP contribution in [0.25, 0.3) is 10.8 Å². The van der Waals surface area contributed by atoms with Crippen molar-refractivity contribution in [2.24, 2.45) is 15.9 Å². The van der Waals surface area contributed by atoms with Gasteiger partial charge in [-0.1, -0.05) is 41.6 Å². The number of amidine groups is 1. The summed E-state index contributed by atoms with van der Waals surface area (Å²) in [5.74, 6) is 1.14. The third kappa shape index (κ3) is 2.81. The summed E-state index contributed by atoms with van der Waals surface area (Å²) in [6, 6.07) is 13.8. The third-order valence-electron chi connectivity index (χ3n) is 2.21. The zero-order valence-corrected chi connectivity index (χ0v) is 9.50. The Morgan fingerprint density at radius 2 is 1.94 bits per heavy atom. The van der Waals surface area contributed by atoms with Gasteiger partial charge in [-0.3, -0.25) is 0 Å². The van der Waals surface area contributed by atoms with E-state index in [4.69, 9.17) is 10.6 Å². The van der Waals surface area contributed by atoms with Gasteiger partial charge in [-0.15, -0.1) is 0 Å². The first-order valence-electron chi connectivity index (χ1n) is 5.24. The van der Waals surface area contributed by atoms with Crippen molar-refractivity contribution in [2.75, 3.05) is 0 Å². The van der Waals surface area contributed by atoms with Crippen molar-refractivity contribution in [2.45, 2.75) is 6.92 Å². The van der Waals surface area contributed by atoms with Crippen molar-refractivity contribution in [1.82, 2.24) is 0 Å². The summed E-state index contributed by atoms with van der Waals surface area (Å²) in [4.78, 5) is 9.07. The molecule has 0 aliphatic heterocycles. The van der Waals surface area contributed by atoms with Crippen LogP contribution in [0.15, 0.2) is 52.6 Å². The maximum atomic E-state index is 5.37. The third-order valence-corrected chi connectivity index (χ3v) is 2.21. The Hall–Kier alpha value is -2.36. The first-order valence-corrected chi connectivity index (χ1v) is 5.24. The van der Waals surface area contributed by atoms with Gasteiger partial charge in [0, 0.05) is 5.39 Å². The fourth-order valence-electron chi connectivity index (χ4n) is 1.47. The molecule has 0 amide bonds. The second-order valence-corrected chi connectivity index (χ2v) is 3.56. The Balaban J connectivity index is 2.24. The fourth-order valence-corrected chi connectivity index (χ4v) is 1.47. The molecular weight excluding hydrogens is 214 g/mol. The number of fused-ring (bicyclic) bond motifs is 1. The maximum Gasteiger partial charge on any atom is 0.165 e. The van der Waals surface area contributed by atoms with E-state index in [-0.39, 0.29) is 0 Å². The molecule has 2 aromatic rings. The van der Waals surface area contributed by atoms with Crippen LogP contribution >= 0.6 is 0 Å². The molecule has 0 aromatic heterocycles. The molecule has 0 fully saturated rings. The van der Waals surface area contributed by atoms with Gasteiger partial charge in [0.05, 0.1) is 5.84 Å². The summed E-state index contributed by atoms with van der Waals surface area (Å²) in [6.07, 6.45) is 1.29. The predicted molar refractivity (Wildman–Crippen MR) is 70.4 cm³/mol. The fraction of sp³-hybridized carbons (Fsp3) is 0.0769. The average Bonchev–Trinajstić information content (AvgIpc) is 2.34. The number of aliphatic imine (C=N–C) groups is 1. The van der Waals surface area contributed by atoms with Crippen LogP contribution < -0.4 is 10.6 Å².